The van der Waals surface area contributed by atoms with Crippen LogP contribution in [0.1, 0.15) is 42.3 Å². The van der Waals surface area contributed by atoms with Gasteiger partial charge >= 0.3 is 0 Å². The minimum atomic E-state index is -3.72. The van der Waals surface area contributed by atoms with Gasteiger partial charge in [-0.1, -0.05) is 45.0 Å². The largest absolute Gasteiger partial charge is 0.496 e. The molecule has 8 heteroatoms. The van der Waals surface area contributed by atoms with Crippen molar-refractivity contribution in [1.82, 2.24) is 9.21 Å². The number of hydrogen-bond acceptors (Lipinski definition) is 5. The third-order valence-electron chi connectivity index (χ3n) is 5.60. The molecule has 0 N–H and O–H groups in total. The van der Waals surface area contributed by atoms with Crippen LogP contribution in [0, 0.1) is 0 Å². The first-order chi connectivity index (χ1) is 15.0. The molecule has 0 radical (unpaired) electrons. The van der Waals surface area contributed by atoms with Gasteiger partial charge in [0.05, 0.1) is 30.8 Å². The Labute approximate surface area is 191 Å². The van der Waals surface area contributed by atoms with Crippen molar-refractivity contribution < 1.29 is 22.7 Å². The number of morpholine rings is 1. The number of carbonyl (C=O) groups excluding carboxylic acids is 1. The molecule has 0 aliphatic carbocycles. The molecule has 0 aromatic heterocycles. The fourth-order valence-corrected chi connectivity index (χ4v) is 5.05. The number of hydrogen-bond donors (Lipinski definition) is 0. The van der Waals surface area contributed by atoms with Crippen LogP contribution >= 0.6 is 0 Å². The van der Waals surface area contributed by atoms with Gasteiger partial charge in [0, 0.05) is 26.7 Å². The van der Waals surface area contributed by atoms with Crippen LogP contribution in [0.25, 0.3) is 0 Å². The predicted molar refractivity (Wildman–Crippen MR) is 124 cm³/mol. The molecule has 0 saturated carbocycles. The van der Waals surface area contributed by atoms with Crippen LogP contribution in [0.5, 0.6) is 5.75 Å². The zero-order chi connectivity index (χ0) is 23.5. The van der Waals surface area contributed by atoms with Crippen molar-refractivity contribution >= 4 is 15.9 Å². The Morgan fingerprint density at radius 2 is 1.72 bits per heavy atom. The maximum atomic E-state index is 13.2. The smallest absolute Gasteiger partial charge is 0.257 e. The second-order valence-electron chi connectivity index (χ2n) is 8.99. The Kier molecular flexibility index (Phi) is 7.27. The molecular formula is C24H32N2O5S. The lowest BCUT2D eigenvalue weighted by Crippen LogP contribution is -2.40. The maximum absolute atomic E-state index is 13.2. The number of carbonyl (C=O) groups is 1. The minimum Gasteiger partial charge on any atom is -0.496 e. The van der Waals surface area contributed by atoms with Crippen LogP contribution in [0.15, 0.2) is 47.4 Å². The van der Waals surface area contributed by atoms with Crippen LogP contribution in [-0.2, 0) is 26.7 Å². The van der Waals surface area contributed by atoms with Gasteiger partial charge in [0.1, 0.15) is 5.75 Å². The third-order valence-corrected chi connectivity index (χ3v) is 7.49. The van der Waals surface area contributed by atoms with Crippen molar-refractivity contribution in [1.29, 1.82) is 0 Å². The van der Waals surface area contributed by atoms with E-state index in [0.29, 0.717) is 38.6 Å². The van der Waals surface area contributed by atoms with E-state index in [4.69, 9.17) is 9.47 Å². The van der Waals surface area contributed by atoms with Gasteiger partial charge in [-0.05, 0) is 34.7 Å². The van der Waals surface area contributed by atoms with Crippen LogP contribution < -0.4 is 4.74 Å². The van der Waals surface area contributed by atoms with E-state index in [0.717, 1.165) is 5.56 Å². The van der Waals surface area contributed by atoms with E-state index < -0.39 is 10.0 Å². The van der Waals surface area contributed by atoms with E-state index in [9.17, 15) is 13.2 Å². The summed E-state index contributed by atoms with van der Waals surface area (Å²) >= 11 is 0. The first-order valence-electron chi connectivity index (χ1n) is 10.6. The molecule has 0 spiro atoms. The summed E-state index contributed by atoms with van der Waals surface area (Å²) < 4.78 is 38.1. The molecule has 1 fully saturated rings. The average molecular weight is 461 g/mol. The maximum Gasteiger partial charge on any atom is 0.257 e. The number of methoxy groups -OCH3 is 1. The van der Waals surface area contributed by atoms with E-state index in [1.165, 1.54) is 35.2 Å². The highest BCUT2D eigenvalue weighted by Gasteiger charge is 2.28. The summed E-state index contributed by atoms with van der Waals surface area (Å²) in [6.45, 7) is 8.17. The van der Waals surface area contributed by atoms with E-state index in [2.05, 4.69) is 32.9 Å². The number of benzene rings is 2. The Bertz CT molecular complexity index is 1050. The van der Waals surface area contributed by atoms with Crippen molar-refractivity contribution in [2.75, 3.05) is 40.5 Å². The van der Waals surface area contributed by atoms with E-state index >= 15 is 0 Å². The van der Waals surface area contributed by atoms with E-state index in [1.54, 1.807) is 11.9 Å². The molecule has 1 saturated heterocycles. The van der Waals surface area contributed by atoms with Gasteiger partial charge in [-0.25, -0.2) is 8.42 Å². The lowest BCUT2D eigenvalue weighted by atomic mass is 9.87. The summed E-state index contributed by atoms with van der Waals surface area (Å²) in [6.07, 6.45) is 0. The number of ether oxygens (including phenoxy) is 2. The quantitative estimate of drug-likeness (QED) is 0.661. The zero-order valence-electron chi connectivity index (χ0n) is 19.4. The monoisotopic (exact) mass is 460 g/mol. The lowest BCUT2D eigenvalue weighted by Gasteiger charge is -2.26. The molecule has 1 aliphatic rings. The SMILES string of the molecule is COc1ccc(S(=O)(=O)N2CCOCC2)cc1C(=O)N(C)Cc1ccc(C(C)(C)C)cc1. The van der Waals surface area contributed by atoms with Crippen LogP contribution in [0.2, 0.25) is 0 Å². The normalized spacial score (nSPS) is 15.4. The molecule has 2 aromatic rings. The summed E-state index contributed by atoms with van der Waals surface area (Å²) in [7, 11) is -0.557. The van der Waals surface area contributed by atoms with Gasteiger partial charge in [-0.15, -0.1) is 0 Å². The summed E-state index contributed by atoms with van der Waals surface area (Å²) in [5, 5.41) is 0. The molecule has 1 amide bonds. The molecule has 0 atom stereocenters. The molecule has 0 bridgehead atoms. The highest BCUT2D eigenvalue weighted by Crippen LogP contribution is 2.27. The van der Waals surface area contributed by atoms with E-state index in [1.807, 2.05) is 12.1 Å². The lowest BCUT2D eigenvalue weighted by molar-refractivity contribution is 0.0730. The van der Waals surface area contributed by atoms with Gasteiger partial charge < -0.3 is 14.4 Å². The van der Waals surface area contributed by atoms with Crippen LogP contribution in [0.4, 0.5) is 0 Å². The Hall–Kier alpha value is -2.42. The number of sulfonamides is 1. The first kappa shape index (κ1) is 24.2. The predicted octanol–water partition coefficient (Wildman–Crippen LogP) is 3.29. The third kappa shape index (κ3) is 5.31. The number of amides is 1. The van der Waals surface area contributed by atoms with Crippen LogP contribution in [0.3, 0.4) is 0 Å². The van der Waals surface area contributed by atoms with Crippen LogP contribution in [-0.4, -0.2) is 64.0 Å². The summed E-state index contributed by atoms with van der Waals surface area (Å²) in [4.78, 5) is 14.9. The molecule has 3 rings (SSSR count). The molecule has 7 nitrogen and oxygen atoms in total. The van der Waals surface area contributed by atoms with Crippen molar-refractivity contribution in [3.05, 3.63) is 59.2 Å². The molecule has 32 heavy (non-hydrogen) atoms. The van der Waals surface area contributed by atoms with Crippen molar-refractivity contribution in [3.63, 3.8) is 0 Å². The topological polar surface area (TPSA) is 76.1 Å². The van der Waals surface area contributed by atoms with Crippen molar-refractivity contribution in [3.8, 4) is 5.75 Å². The zero-order valence-corrected chi connectivity index (χ0v) is 20.2. The van der Waals surface area contributed by atoms with Gasteiger partial charge in [-0.2, -0.15) is 4.31 Å². The Morgan fingerprint density at radius 1 is 1.09 bits per heavy atom. The van der Waals surface area contributed by atoms with Gasteiger partial charge in [0.2, 0.25) is 10.0 Å². The minimum absolute atomic E-state index is 0.0556. The highest BCUT2D eigenvalue weighted by molar-refractivity contribution is 7.89. The second-order valence-corrected chi connectivity index (χ2v) is 10.9. The summed E-state index contributed by atoms with van der Waals surface area (Å²) in [5.74, 6) is 0.0339. The van der Waals surface area contributed by atoms with Gasteiger partial charge in [0.15, 0.2) is 0 Å². The first-order valence-corrected chi connectivity index (χ1v) is 12.1. The van der Waals surface area contributed by atoms with Crippen molar-refractivity contribution in [2.24, 2.45) is 0 Å². The summed E-state index contributed by atoms with van der Waals surface area (Å²) in [5.41, 5.74) is 2.48. The Morgan fingerprint density at radius 3 is 2.28 bits per heavy atom. The van der Waals surface area contributed by atoms with Crippen molar-refractivity contribution in [2.45, 2.75) is 37.6 Å². The van der Waals surface area contributed by atoms with Gasteiger partial charge in [-0.3, -0.25) is 4.79 Å². The fraction of sp³-hybridized carbons (Fsp3) is 0.458. The molecule has 1 heterocycles. The molecule has 1 aliphatic heterocycles. The summed E-state index contributed by atoms with van der Waals surface area (Å²) in [6, 6.07) is 12.6. The Balaban J connectivity index is 1.84. The highest BCUT2D eigenvalue weighted by atomic mass is 32.2. The van der Waals surface area contributed by atoms with E-state index in [-0.39, 0.29) is 21.8 Å². The fourth-order valence-electron chi connectivity index (χ4n) is 3.61. The average Bonchev–Trinajstić information content (AvgIpc) is 2.78. The standard InChI is InChI=1S/C24H32N2O5S/c1-24(2,3)19-8-6-18(7-9-19)17-25(4)23(27)21-16-20(10-11-22(21)30-5)32(28,29)26-12-14-31-15-13-26/h6-11,16H,12-15,17H2,1-5H3. The molecule has 2 aromatic carbocycles. The second kappa shape index (κ2) is 9.60. The number of rotatable bonds is 6. The molecule has 174 valence electrons. The molecule has 0 unspecified atom stereocenters. The van der Waals surface area contributed by atoms with Gasteiger partial charge in [0.25, 0.3) is 5.91 Å². The number of nitrogens with zero attached hydrogens (tertiary/aromatic N) is 2. The molecular weight excluding hydrogens is 428 g/mol.